The third kappa shape index (κ3) is 24.5. The molecule has 1 aliphatic heterocycles. The molecule has 0 bridgehead atoms. The fourth-order valence-corrected chi connectivity index (χ4v) is 12.3. The number of nitrogens with two attached hydrogens (primary N) is 3. The molecule has 0 unspecified atom stereocenters. The van der Waals surface area contributed by atoms with Crippen LogP contribution < -0.4 is 70.4 Å². The van der Waals surface area contributed by atoms with E-state index >= 15 is 0 Å². The summed E-state index contributed by atoms with van der Waals surface area (Å²) in [4.78, 5) is 187. The van der Waals surface area contributed by atoms with Crippen LogP contribution in [0.1, 0.15) is 87.5 Å². The summed E-state index contributed by atoms with van der Waals surface area (Å²) >= 11 is 0. The third-order valence-corrected chi connectivity index (χ3v) is 17.9. The normalized spacial score (nSPS) is 15.4. The molecule has 36 nitrogen and oxygen atoms in total. The number of aliphatic hydroxyl groups excluding tert-OH is 2. The summed E-state index contributed by atoms with van der Waals surface area (Å²) in [5, 5.41) is 95.1. The molecular formula is C72H93N17O19. The van der Waals surface area contributed by atoms with E-state index in [1.807, 2.05) is 24.3 Å². The van der Waals surface area contributed by atoms with Gasteiger partial charge in [0, 0.05) is 73.0 Å². The average molecular weight is 1500 g/mol. The van der Waals surface area contributed by atoms with Crippen molar-refractivity contribution in [1.29, 1.82) is 5.41 Å². The van der Waals surface area contributed by atoms with E-state index in [0.717, 1.165) is 21.4 Å². The number of primary amides is 1. The fraction of sp³-hybridized carbons (Fsp3) is 0.417. The highest BCUT2D eigenvalue weighted by molar-refractivity contribution is 6.00. The molecule has 6 aromatic rings. The van der Waals surface area contributed by atoms with Gasteiger partial charge >= 0.3 is 11.9 Å². The number of carboxylic acids is 2. The highest BCUT2D eigenvalue weighted by Crippen LogP contribution is 2.24. The molecule has 36 heteroatoms. The topological polar surface area (TPSA) is 600 Å². The Hall–Kier alpha value is -12.2. The Kier molecular flexibility index (Phi) is 30.6. The number of amides is 11. The van der Waals surface area contributed by atoms with E-state index < -0.39 is 188 Å². The number of rotatable bonds is 41. The number of aromatic nitrogens is 2. The van der Waals surface area contributed by atoms with Crippen LogP contribution in [0.3, 0.4) is 0 Å². The number of aliphatic carboxylic acids is 2. The van der Waals surface area contributed by atoms with Crippen molar-refractivity contribution in [3.05, 3.63) is 132 Å². The van der Waals surface area contributed by atoms with Crippen LogP contribution in [-0.4, -0.2) is 221 Å². The van der Waals surface area contributed by atoms with E-state index in [4.69, 9.17) is 22.6 Å². The Bertz CT molecular complexity index is 4210. The molecule has 580 valence electrons. The predicted molar refractivity (Wildman–Crippen MR) is 389 cm³/mol. The number of aromatic amines is 2. The minimum atomic E-state index is -1.89. The van der Waals surface area contributed by atoms with Crippen LogP contribution in [0.2, 0.25) is 0 Å². The van der Waals surface area contributed by atoms with Gasteiger partial charge in [0.2, 0.25) is 65.0 Å². The first-order valence-electron chi connectivity index (χ1n) is 34.9. The molecular weight excluding hydrogens is 1410 g/mol. The van der Waals surface area contributed by atoms with Crippen LogP contribution in [-0.2, 0) is 88.0 Å². The molecule has 11 amide bonds. The molecule has 25 N–H and O–H groups in total. The third-order valence-electron chi connectivity index (χ3n) is 17.9. The number of hydrogen-bond acceptors (Lipinski definition) is 19. The summed E-state index contributed by atoms with van der Waals surface area (Å²) in [6, 6.07) is 7.51. The molecule has 2 aromatic heterocycles. The van der Waals surface area contributed by atoms with Crippen LogP contribution in [0.25, 0.3) is 21.8 Å². The Morgan fingerprint density at radius 1 is 0.528 bits per heavy atom. The second kappa shape index (κ2) is 39.8. The number of carboxylic acid groups (broad SMARTS) is 2. The molecule has 0 aliphatic carbocycles. The second-order valence-electron chi connectivity index (χ2n) is 26.6. The summed E-state index contributed by atoms with van der Waals surface area (Å²) in [5.74, 6) is -15.3. The van der Waals surface area contributed by atoms with Gasteiger partial charge in [0.05, 0.1) is 25.7 Å². The maximum atomic E-state index is 14.9. The first-order chi connectivity index (χ1) is 51.4. The van der Waals surface area contributed by atoms with Gasteiger partial charge in [-0.25, -0.2) is 4.79 Å². The van der Waals surface area contributed by atoms with Gasteiger partial charge in [-0.2, -0.15) is 0 Å². The van der Waals surface area contributed by atoms with E-state index in [2.05, 4.69) is 63.1 Å². The van der Waals surface area contributed by atoms with Gasteiger partial charge < -0.3 is 116 Å². The number of likely N-dealkylation sites (tertiary alicyclic amines) is 1. The lowest BCUT2D eigenvalue weighted by Crippen LogP contribution is -2.61. The summed E-state index contributed by atoms with van der Waals surface area (Å²) in [5.41, 5.74) is 20.7. The van der Waals surface area contributed by atoms with Crippen LogP contribution in [0.4, 0.5) is 0 Å². The number of para-hydroxylation sites is 2. The summed E-state index contributed by atoms with van der Waals surface area (Å²) in [6.07, 6.45) is 0.0213. The number of nitrogens with one attached hydrogen (secondary N) is 13. The lowest BCUT2D eigenvalue weighted by molar-refractivity contribution is -0.143. The second-order valence-corrected chi connectivity index (χ2v) is 26.6. The summed E-state index contributed by atoms with van der Waals surface area (Å²) in [7, 11) is 0. The smallest absolute Gasteiger partial charge is 0.326 e. The first kappa shape index (κ1) is 83.1. The van der Waals surface area contributed by atoms with Crippen LogP contribution in [0.15, 0.2) is 109 Å². The van der Waals surface area contributed by atoms with Gasteiger partial charge in [-0.3, -0.25) is 62.9 Å². The monoisotopic (exact) mass is 1500 g/mol. The van der Waals surface area contributed by atoms with Crippen molar-refractivity contribution < 1.29 is 93.0 Å². The van der Waals surface area contributed by atoms with Gasteiger partial charge in [-0.15, -0.1) is 0 Å². The van der Waals surface area contributed by atoms with Crippen LogP contribution in [0.5, 0.6) is 11.5 Å². The van der Waals surface area contributed by atoms with Crippen molar-refractivity contribution in [2.45, 2.75) is 157 Å². The van der Waals surface area contributed by atoms with E-state index in [-0.39, 0.29) is 81.9 Å². The number of phenolic OH excluding ortho intramolecular Hbond substituents is 2. The number of H-pyrrole nitrogens is 2. The fourth-order valence-electron chi connectivity index (χ4n) is 12.3. The lowest BCUT2D eigenvalue weighted by Gasteiger charge is -2.30. The van der Waals surface area contributed by atoms with Gasteiger partial charge in [-0.1, -0.05) is 74.5 Å². The Morgan fingerprint density at radius 3 is 1.45 bits per heavy atom. The van der Waals surface area contributed by atoms with Crippen molar-refractivity contribution in [1.82, 2.24) is 68.0 Å². The highest BCUT2D eigenvalue weighted by atomic mass is 16.4. The first-order valence-corrected chi connectivity index (χ1v) is 34.9. The SMILES string of the molecule is CC(C)C[C@H](NC(=O)[C@H](CC(N)=O)NC(=O)[C@H](CCC(=O)O)NC(=O)[C@H](Cc1c[nH]c2ccccc12)NC(=O)[C@H](Cc1ccc(O)cc1)NC(=O)[C@H](CO)NC(=O)[C@@H]1CCCN1C(=O)[C@H](CO)NC(=O)[C@H](CCCNC(=N)N)NC(=O)[C@H](Cc1ccc(O)cc1)NC(=O)[C@@H](N)Cc1c[nH]c2ccccc12)C(=O)O. The van der Waals surface area contributed by atoms with E-state index in [9.17, 15) is 93.0 Å². The van der Waals surface area contributed by atoms with Gasteiger partial charge in [0.15, 0.2) is 5.96 Å². The lowest BCUT2D eigenvalue weighted by atomic mass is 10.0. The number of benzene rings is 4. The summed E-state index contributed by atoms with van der Waals surface area (Å²) in [6.45, 7) is 1.08. The largest absolute Gasteiger partial charge is 0.508 e. The molecule has 0 spiro atoms. The quantitative estimate of drug-likeness (QED) is 0.0104. The number of phenols is 2. The molecule has 1 saturated heterocycles. The molecule has 0 radical (unpaired) electrons. The van der Waals surface area contributed by atoms with Crippen LogP contribution in [0, 0.1) is 11.3 Å². The molecule has 3 heterocycles. The number of guanidine groups is 1. The van der Waals surface area contributed by atoms with Gasteiger partial charge in [0.1, 0.15) is 71.9 Å². The van der Waals surface area contributed by atoms with E-state index in [1.54, 1.807) is 44.3 Å². The molecule has 108 heavy (non-hydrogen) atoms. The van der Waals surface area contributed by atoms with E-state index in [1.165, 1.54) is 54.7 Å². The minimum Gasteiger partial charge on any atom is -0.508 e. The zero-order valence-electron chi connectivity index (χ0n) is 59.3. The molecule has 1 fully saturated rings. The predicted octanol–water partition coefficient (Wildman–Crippen LogP) is -2.87. The van der Waals surface area contributed by atoms with Crippen LogP contribution >= 0.6 is 0 Å². The Labute approximate surface area is 618 Å². The molecule has 11 atom stereocenters. The van der Waals surface area contributed by atoms with Crippen molar-refractivity contribution in [2.75, 3.05) is 26.3 Å². The number of carbonyl (C=O) groups excluding carboxylic acids is 11. The van der Waals surface area contributed by atoms with Crippen molar-refractivity contribution in [3.8, 4) is 11.5 Å². The number of aliphatic hydroxyl groups is 2. The van der Waals surface area contributed by atoms with E-state index in [0.29, 0.717) is 27.6 Å². The zero-order valence-corrected chi connectivity index (χ0v) is 59.3. The number of fused-ring (bicyclic) bond motifs is 2. The molecule has 7 rings (SSSR count). The van der Waals surface area contributed by atoms with Gasteiger partial charge in [0.25, 0.3) is 0 Å². The van der Waals surface area contributed by atoms with Crippen molar-refractivity contribution in [2.24, 2.45) is 23.1 Å². The number of carbonyl (C=O) groups is 13. The highest BCUT2D eigenvalue weighted by Gasteiger charge is 2.41. The van der Waals surface area contributed by atoms with Crippen molar-refractivity contribution >= 4 is 105 Å². The summed E-state index contributed by atoms with van der Waals surface area (Å²) < 4.78 is 0. The molecule has 4 aromatic carbocycles. The minimum absolute atomic E-state index is 0.0288. The molecule has 0 saturated carbocycles. The molecule has 1 aliphatic rings. The Balaban J connectivity index is 1.08. The number of aromatic hydroxyl groups is 2. The van der Waals surface area contributed by atoms with Crippen molar-refractivity contribution in [3.63, 3.8) is 0 Å². The maximum Gasteiger partial charge on any atom is 0.326 e. The number of hydrogen-bond donors (Lipinski definition) is 22. The Morgan fingerprint density at radius 2 is 0.963 bits per heavy atom. The standard InChI is InChI=1S/C72H93N17O19/c1-37(2)27-55(71(107)108)86-67(103)54(32-59(74)94)85-63(99)50(23-24-60(95)96)81-66(102)53(31-41-34-79-48-12-6-4-10-45(41)48)84-65(101)52(29-39-17-21-43(93)22-18-39)83-68(104)56(35-90)87-69(105)58-14-8-26-89(58)70(106)57(36-91)88-62(98)49(13-7-25-77-72(75)76)80-64(100)51(28-38-15-19-42(92)20-16-38)82-61(97)46(73)30-40-33-78-47-11-5-3-9-44(40)47/h3-6,9-12,15-22,33-34,37,46,49-58,78-79,90-93H,7-8,13-14,23-32,35-36,73H2,1-2H3,(H2,74,94)(H,80,100)(H,81,102)(H,82,97)(H,83,104)(H,84,101)(H,85,99)(H,86,103)(H,87,105)(H,88,98)(H,95,96)(H,107,108)(H4,75,76,77)/t46-,49-,50-,51-,52-,53-,54-,55-,56-,57-,58-/m0/s1. The maximum absolute atomic E-state index is 14.9. The zero-order chi connectivity index (χ0) is 78.9. The number of nitrogens with zero attached hydrogens (tertiary/aromatic N) is 1. The average Bonchev–Trinajstić information content (AvgIpc) is 1.64. The van der Waals surface area contributed by atoms with Gasteiger partial charge in [-0.05, 0) is 110 Å².